The Balaban J connectivity index is 1.21. The number of esters is 3. The van der Waals surface area contributed by atoms with E-state index in [9.17, 15) is 44.4 Å². The normalized spacial score (nSPS) is 26.9. The third-order valence-corrected chi connectivity index (χ3v) is 10.0. The highest BCUT2D eigenvalue weighted by Crippen LogP contribution is 2.65. The molecule has 2 aromatic rings. The molecule has 4 aliphatic rings. The quantitative estimate of drug-likeness (QED) is 0.145. The van der Waals surface area contributed by atoms with Crippen molar-refractivity contribution in [3.8, 4) is 11.5 Å². The second-order valence-electron chi connectivity index (χ2n) is 12.7. The van der Waals surface area contributed by atoms with Crippen LogP contribution < -0.4 is 9.47 Å². The number of carbonyl (C=O) groups excluding carboxylic acids is 3. The highest BCUT2D eigenvalue weighted by Gasteiger charge is 2.72. The number of likely N-dealkylation sites (N-methyl/N-ethyl adjacent to an activating group) is 1. The minimum atomic E-state index is -2.61. The molecular formula is C34H35NO15. The Morgan fingerprint density at radius 2 is 1.68 bits per heavy atom. The number of hydrogen-bond donors (Lipinski definition) is 5. The number of carboxylic acids is 2. The fraction of sp³-hybridized carbons (Fsp3) is 0.441. The molecule has 2 aliphatic heterocycles. The van der Waals surface area contributed by atoms with E-state index in [0.29, 0.717) is 30.9 Å². The van der Waals surface area contributed by atoms with E-state index < -0.39 is 77.8 Å². The minimum absolute atomic E-state index is 0.0506. The summed E-state index contributed by atoms with van der Waals surface area (Å²) in [5.41, 5.74) is -0.721. The first-order valence-electron chi connectivity index (χ1n) is 15.7. The summed E-state index contributed by atoms with van der Waals surface area (Å²) in [6, 6.07) is 10.4. The number of nitrogens with zero attached hydrogens (tertiary/aromatic N) is 1. The monoisotopic (exact) mass is 697 g/mol. The molecule has 16 heteroatoms. The summed E-state index contributed by atoms with van der Waals surface area (Å²) in [6.45, 7) is 0.589. The molecule has 16 nitrogen and oxygen atoms in total. The summed E-state index contributed by atoms with van der Waals surface area (Å²) in [4.78, 5) is 63.9. The summed E-state index contributed by atoms with van der Waals surface area (Å²) in [5, 5.41) is 52.0. The lowest BCUT2D eigenvalue weighted by atomic mass is 9.50. The molecule has 0 radical (unpaired) electrons. The Bertz CT molecular complexity index is 1760. The first-order valence-corrected chi connectivity index (χ1v) is 15.7. The van der Waals surface area contributed by atoms with Crippen LogP contribution in [0, 0.1) is 0 Å². The van der Waals surface area contributed by atoms with Crippen molar-refractivity contribution in [2.75, 3.05) is 20.7 Å². The number of methoxy groups -OCH3 is 1. The van der Waals surface area contributed by atoms with Gasteiger partial charge >= 0.3 is 29.8 Å². The molecule has 0 unspecified atom stereocenters. The van der Waals surface area contributed by atoms with Gasteiger partial charge in [0.05, 0.1) is 24.5 Å². The van der Waals surface area contributed by atoms with Crippen LogP contribution in [0.3, 0.4) is 0 Å². The van der Waals surface area contributed by atoms with E-state index in [2.05, 4.69) is 4.90 Å². The Morgan fingerprint density at radius 3 is 2.34 bits per heavy atom. The maximum atomic E-state index is 13.3. The second-order valence-corrected chi connectivity index (χ2v) is 12.7. The number of rotatable bonds is 12. The van der Waals surface area contributed by atoms with Gasteiger partial charge in [0.2, 0.25) is 12.2 Å². The van der Waals surface area contributed by atoms with Gasteiger partial charge in [0.1, 0.15) is 5.76 Å². The average Bonchev–Trinajstić information content (AvgIpc) is 3.45. The molecule has 5 N–H and O–H groups in total. The van der Waals surface area contributed by atoms with Crippen LogP contribution in [0.25, 0.3) is 0 Å². The molecule has 2 bridgehead atoms. The molecule has 266 valence electrons. The van der Waals surface area contributed by atoms with E-state index >= 15 is 0 Å². The van der Waals surface area contributed by atoms with Crippen LogP contribution in [0.5, 0.6) is 11.5 Å². The predicted molar refractivity (Wildman–Crippen MR) is 165 cm³/mol. The lowest BCUT2D eigenvalue weighted by Gasteiger charge is -2.61. The maximum Gasteiger partial charge on any atom is 0.353 e. The molecule has 2 aliphatic carbocycles. The number of likely N-dealkylation sites (tertiary alicyclic amines) is 1. The van der Waals surface area contributed by atoms with Crippen molar-refractivity contribution in [3.05, 3.63) is 71.0 Å². The van der Waals surface area contributed by atoms with Gasteiger partial charge in [-0.15, -0.1) is 0 Å². The molecule has 2 aromatic carbocycles. The Labute approximate surface area is 284 Å². The number of benzene rings is 2. The first-order chi connectivity index (χ1) is 23.7. The zero-order chi connectivity index (χ0) is 36.1. The van der Waals surface area contributed by atoms with Crippen LogP contribution in [-0.2, 0) is 50.0 Å². The number of carbonyl (C=O) groups is 5. The summed E-state index contributed by atoms with van der Waals surface area (Å²) >= 11 is 0. The topological polar surface area (TPSA) is 236 Å². The molecule has 0 saturated carbocycles. The lowest BCUT2D eigenvalue weighted by molar-refractivity contribution is -0.187. The third-order valence-electron chi connectivity index (χ3n) is 10.0. The van der Waals surface area contributed by atoms with Gasteiger partial charge in [-0.05, 0) is 44.1 Å². The van der Waals surface area contributed by atoms with Gasteiger partial charge in [-0.3, -0.25) is 4.79 Å². The van der Waals surface area contributed by atoms with Crippen molar-refractivity contribution in [2.24, 2.45) is 0 Å². The van der Waals surface area contributed by atoms with Crippen LogP contribution in [0.15, 0.2) is 54.3 Å². The smallest absolute Gasteiger partial charge is 0.353 e. The van der Waals surface area contributed by atoms with Gasteiger partial charge in [0.15, 0.2) is 29.8 Å². The lowest BCUT2D eigenvalue weighted by Crippen LogP contribution is -2.74. The number of carboxylic acid groups (broad SMARTS) is 2. The van der Waals surface area contributed by atoms with Gasteiger partial charge < -0.3 is 54.1 Å². The van der Waals surface area contributed by atoms with Crippen LogP contribution in [-0.4, -0.2) is 117 Å². The zero-order valence-electron chi connectivity index (χ0n) is 26.9. The number of aliphatic carboxylic acids is 2. The Kier molecular flexibility index (Phi) is 9.07. The summed E-state index contributed by atoms with van der Waals surface area (Å²) in [7, 11) is 3.40. The van der Waals surface area contributed by atoms with Crippen molar-refractivity contribution in [2.45, 2.75) is 73.3 Å². The predicted octanol–water partition coefficient (Wildman–Crippen LogP) is -0.00650. The number of ether oxygens (including phenoxy) is 5. The van der Waals surface area contributed by atoms with Gasteiger partial charge in [-0.25, -0.2) is 19.2 Å². The van der Waals surface area contributed by atoms with Crippen molar-refractivity contribution in [1.29, 1.82) is 0 Å². The van der Waals surface area contributed by atoms with Crippen LogP contribution >= 0.6 is 0 Å². The van der Waals surface area contributed by atoms with E-state index in [1.54, 1.807) is 12.1 Å². The molecule has 1 fully saturated rings. The maximum absolute atomic E-state index is 13.3. The molecule has 0 amide bonds. The highest BCUT2D eigenvalue weighted by atomic mass is 16.6. The Morgan fingerprint density at radius 1 is 0.980 bits per heavy atom. The van der Waals surface area contributed by atoms with Crippen LogP contribution in [0.4, 0.5) is 0 Å². The minimum Gasteiger partial charge on any atom is -0.493 e. The first kappa shape index (κ1) is 34.8. The molecule has 1 spiro atoms. The van der Waals surface area contributed by atoms with E-state index in [1.165, 1.54) is 37.5 Å². The molecule has 0 aromatic heterocycles. The molecule has 6 rings (SSSR count). The van der Waals surface area contributed by atoms with Crippen molar-refractivity contribution in [1.82, 2.24) is 4.90 Å². The highest BCUT2D eigenvalue weighted by molar-refractivity contribution is 5.89. The molecule has 2 heterocycles. The van der Waals surface area contributed by atoms with Crippen molar-refractivity contribution in [3.63, 3.8) is 0 Å². The standard InChI is InChI=1S/C34H35NO15/c1-35-13-12-33-23-17-8-9-18(46-2)27(23)49-28(33)19(10-11-34(33,45)21(35)14-17)47-30(42)24(38)25(39)31(43)50-26(16-6-4-3-5-7-16)32(44)48-20(29(40)41)15-22(36)37/h3-10,20-21,24-26,28,38-39,45H,11-15H2,1-2H3,(H,36,37)(H,40,41)/t20-,21+,24+,25+,26-,28-,33-,34+/m0/s1. The van der Waals surface area contributed by atoms with Gasteiger partial charge in [-0.2, -0.15) is 0 Å². The number of aliphatic hydroxyl groups is 3. The molecule has 8 atom stereocenters. The second kappa shape index (κ2) is 13.0. The van der Waals surface area contributed by atoms with Gasteiger partial charge in [0, 0.05) is 23.6 Å². The fourth-order valence-electron chi connectivity index (χ4n) is 7.63. The van der Waals surface area contributed by atoms with Crippen molar-refractivity contribution < 1.29 is 73.2 Å². The number of piperidine rings is 1. The van der Waals surface area contributed by atoms with E-state index in [-0.39, 0.29) is 23.8 Å². The average molecular weight is 698 g/mol. The van der Waals surface area contributed by atoms with Gasteiger partial charge in [-0.1, -0.05) is 36.4 Å². The molecular weight excluding hydrogens is 662 g/mol. The molecule has 1 saturated heterocycles. The van der Waals surface area contributed by atoms with Crippen LogP contribution in [0.1, 0.15) is 42.1 Å². The van der Waals surface area contributed by atoms with Crippen molar-refractivity contribution >= 4 is 29.8 Å². The van der Waals surface area contributed by atoms with Crippen LogP contribution in [0.2, 0.25) is 0 Å². The third kappa shape index (κ3) is 5.53. The summed E-state index contributed by atoms with van der Waals surface area (Å²) in [5.74, 6) is -7.24. The SMILES string of the molecule is COc1ccc2c3c1O[C@H]1C(OC(=O)[C@H](O)[C@@H](O)C(=O)O[C@H](C(=O)O[C@@H](CC(=O)O)C(=O)O)c4ccccc4)=CC[C@@]4(O)[C@@H](C2)N(C)CC[C@]314. The number of aliphatic hydroxyl groups excluding tert-OH is 2. The van der Waals surface area contributed by atoms with E-state index in [4.69, 9.17) is 28.8 Å². The van der Waals surface area contributed by atoms with Gasteiger partial charge in [0.25, 0.3) is 0 Å². The van der Waals surface area contributed by atoms with E-state index in [0.717, 1.165) is 11.1 Å². The summed E-state index contributed by atoms with van der Waals surface area (Å²) < 4.78 is 27.4. The van der Waals surface area contributed by atoms with E-state index in [1.807, 2.05) is 13.1 Å². The molecule has 50 heavy (non-hydrogen) atoms. The fourth-order valence-corrected chi connectivity index (χ4v) is 7.63. The summed E-state index contributed by atoms with van der Waals surface area (Å²) in [6.07, 6.45) is -8.94. The Hall–Kier alpha value is -5.03. The number of hydrogen-bond acceptors (Lipinski definition) is 14. The largest absolute Gasteiger partial charge is 0.493 e. The zero-order valence-corrected chi connectivity index (χ0v) is 26.9.